The number of hydrogen-bond acceptors (Lipinski definition) is 10. The molecule has 11 nitrogen and oxygen atoms in total. The number of rotatable bonds is 7. The standard InChI is InChI=1S/C32H27N5O6/c33-15-21-1-6-27(13-30(21)38)42-25-7-2-22(3-8-25)32(24-16-34-18-35(17-24)20-36(32)19-34)23-4-9-26(10-5-23)43-28-11-12-29(37(40)41)31(39)14-28/h1-14,24,38-39H,16-20H2. The Labute approximate surface area is 247 Å². The number of nitrogens with zero attached hydrogens (tertiary/aromatic N) is 5. The molecule has 0 saturated carbocycles. The number of ether oxygens (including phenoxy) is 2. The van der Waals surface area contributed by atoms with Gasteiger partial charge in [0.15, 0.2) is 5.75 Å². The predicted molar refractivity (Wildman–Crippen MR) is 155 cm³/mol. The number of hydrogen-bond donors (Lipinski definition) is 2. The summed E-state index contributed by atoms with van der Waals surface area (Å²) in [7, 11) is 0. The average molecular weight is 578 g/mol. The van der Waals surface area contributed by atoms with Crippen molar-refractivity contribution in [2.45, 2.75) is 5.54 Å². The number of phenolic OH excluding ortho intramolecular Hbond substituents is 2. The van der Waals surface area contributed by atoms with Crippen molar-refractivity contribution in [1.29, 1.82) is 5.26 Å². The lowest BCUT2D eigenvalue weighted by molar-refractivity contribution is -0.385. The van der Waals surface area contributed by atoms with Gasteiger partial charge in [-0.15, -0.1) is 0 Å². The SMILES string of the molecule is N#Cc1ccc(Oc2ccc(C3(c4ccc(Oc5ccc([N+](=O)[O-])c(O)c5)cc4)C4CN5CN(C4)CN3C5)cc2)cc1O. The second-order valence-electron chi connectivity index (χ2n) is 11.1. The maximum atomic E-state index is 11.0. The van der Waals surface area contributed by atoms with E-state index in [0.717, 1.165) is 44.2 Å². The van der Waals surface area contributed by atoms with Crippen LogP contribution in [0.5, 0.6) is 34.5 Å². The first-order chi connectivity index (χ1) is 20.8. The Kier molecular flexibility index (Phi) is 6.40. The molecule has 3 atom stereocenters. The molecule has 4 bridgehead atoms. The van der Waals surface area contributed by atoms with Crippen molar-refractivity contribution in [3.8, 4) is 40.6 Å². The molecule has 0 amide bonds. The number of nitriles is 1. The maximum absolute atomic E-state index is 11.0. The molecule has 4 aliphatic heterocycles. The Bertz CT molecular complexity index is 1720. The number of phenols is 2. The first-order valence-corrected chi connectivity index (χ1v) is 13.8. The zero-order valence-corrected chi connectivity index (χ0v) is 23.0. The van der Waals surface area contributed by atoms with Gasteiger partial charge in [-0.25, -0.2) is 0 Å². The summed E-state index contributed by atoms with van der Waals surface area (Å²) in [4.78, 5) is 17.8. The van der Waals surface area contributed by atoms with Gasteiger partial charge in [-0.05, 0) is 53.6 Å². The molecule has 4 saturated heterocycles. The molecule has 4 aromatic rings. The summed E-state index contributed by atoms with van der Waals surface area (Å²) in [6, 6.07) is 26.4. The summed E-state index contributed by atoms with van der Waals surface area (Å²) in [5, 5.41) is 40.2. The molecule has 11 heteroatoms. The van der Waals surface area contributed by atoms with Crippen LogP contribution in [0.2, 0.25) is 0 Å². The van der Waals surface area contributed by atoms with E-state index >= 15 is 0 Å². The van der Waals surface area contributed by atoms with Gasteiger partial charge in [-0.3, -0.25) is 24.8 Å². The van der Waals surface area contributed by atoms with Crippen LogP contribution in [0, 0.1) is 27.4 Å². The summed E-state index contributed by atoms with van der Waals surface area (Å²) in [6.07, 6.45) is 0. The lowest BCUT2D eigenvalue weighted by atomic mass is 9.68. The predicted octanol–water partition coefficient (Wildman–Crippen LogP) is 5.14. The van der Waals surface area contributed by atoms with Gasteiger partial charge in [0.05, 0.1) is 36.0 Å². The molecule has 4 fully saturated rings. The molecular weight excluding hydrogens is 550 g/mol. The van der Waals surface area contributed by atoms with Crippen LogP contribution >= 0.6 is 0 Å². The summed E-state index contributed by atoms with van der Waals surface area (Å²) < 4.78 is 11.9. The van der Waals surface area contributed by atoms with Crippen molar-refractivity contribution in [3.05, 3.63) is 112 Å². The van der Waals surface area contributed by atoms with Crippen LogP contribution in [0.15, 0.2) is 84.9 Å². The van der Waals surface area contributed by atoms with E-state index in [2.05, 4.69) is 39.0 Å². The average Bonchev–Trinajstić information content (AvgIpc) is 2.98. The van der Waals surface area contributed by atoms with E-state index in [4.69, 9.17) is 14.7 Å². The monoisotopic (exact) mass is 577 g/mol. The van der Waals surface area contributed by atoms with E-state index in [0.29, 0.717) is 28.9 Å². The molecule has 216 valence electrons. The highest BCUT2D eigenvalue weighted by molar-refractivity contribution is 5.52. The van der Waals surface area contributed by atoms with Gasteiger partial charge >= 0.3 is 5.69 Å². The molecule has 43 heavy (non-hydrogen) atoms. The molecule has 0 radical (unpaired) electrons. The van der Waals surface area contributed by atoms with E-state index in [9.17, 15) is 20.3 Å². The molecule has 4 aliphatic rings. The van der Waals surface area contributed by atoms with Gasteiger partial charge in [-0.2, -0.15) is 5.26 Å². The molecule has 0 aliphatic carbocycles. The Hall–Kier alpha value is -5.15. The van der Waals surface area contributed by atoms with Crippen molar-refractivity contribution in [1.82, 2.24) is 14.7 Å². The minimum Gasteiger partial charge on any atom is -0.506 e. The van der Waals surface area contributed by atoms with Crippen LogP contribution in [-0.2, 0) is 5.54 Å². The molecule has 0 aromatic heterocycles. The van der Waals surface area contributed by atoms with E-state index < -0.39 is 10.7 Å². The fourth-order valence-electron chi connectivity index (χ4n) is 6.78. The second-order valence-corrected chi connectivity index (χ2v) is 11.1. The van der Waals surface area contributed by atoms with Crippen molar-refractivity contribution >= 4 is 5.69 Å². The van der Waals surface area contributed by atoms with Gasteiger partial charge in [-0.1, -0.05) is 24.3 Å². The third-order valence-electron chi connectivity index (χ3n) is 8.48. The zero-order chi connectivity index (χ0) is 29.7. The van der Waals surface area contributed by atoms with Crippen LogP contribution in [-0.4, -0.2) is 62.9 Å². The van der Waals surface area contributed by atoms with E-state index in [1.165, 1.54) is 30.3 Å². The Morgan fingerprint density at radius 1 is 0.767 bits per heavy atom. The highest BCUT2D eigenvalue weighted by Crippen LogP contribution is 2.50. The van der Waals surface area contributed by atoms with Gasteiger partial charge in [0, 0.05) is 37.2 Å². The van der Waals surface area contributed by atoms with E-state index in [-0.39, 0.29) is 22.5 Å². The lowest BCUT2D eigenvalue weighted by Crippen LogP contribution is -2.76. The maximum Gasteiger partial charge on any atom is 0.310 e. The van der Waals surface area contributed by atoms with Crippen LogP contribution in [0.1, 0.15) is 16.7 Å². The number of nitro groups is 1. The van der Waals surface area contributed by atoms with Gasteiger partial charge < -0.3 is 19.7 Å². The Morgan fingerprint density at radius 2 is 1.28 bits per heavy atom. The van der Waals surface area contributed by atoms with E-state index in [1.807, 2.05) is 30.3 Å². The molecular formula is C32H27N5O6. The third-order valence-corrected chi connectivity index (χ3v) is 8.48. The summed E-state index contributed by atoms with van der Waals surface area (Å²) in [5.74, 6) is 1.64. The molecule has 2 N–H and O–H groups in total. The molecule has 4 heterocycles. The molecule has 8 rings (SSSR count). The first-order valence-electron chi connectivity index (χ1n) is 13.8. The first kappa shape index (κ1) is 26.7. The fraction of sp³-hybridized carbons (Fsp3) is 0.219. The van der Waals surface area contributed by atoms with Gasteiger partial charge in [0.1, 0.15) is 34.8 Å². The van der Waals surface area contributed by atoms with Crippen LogP contribution in [0.3, 0.4) is 0 Å². The fourth-order valence-corrected chi connectivity index (χ4v) is 6.78. The molecule has 3 unspecified atom stereocenters. The Morgan fingerprint density at radius 3 is 1.74 bits per heavy atom. The molecule has 0 spiro atoms. The minimum absolute atomic E-state index is 0.125. The summed E-state index contributed by atoms with van der Waals surface area (Å²) >= 11 is 0. The summed E-state index contributed by atoms with van der Waals surface area (Å²) in [5.41, 5.74) is 1.70. The zero-order valence-electron chi connectivity index (χ0n) is 23.0. The highest BCUT2D eigenvalue weighted by atomic mass is 16.6. The Balaban J connectivity index is 1.20. The number of benzene rings is 4. The van der Waals surface area contributed by atoms with Crippen molar-refractivity contribution in [2.24, 2.45) is 5.92 Å². The normalized spacial score (nSPS) is 25.2. The van der Waals surface area contributed by atoms with Crippen LogP contribution < -0.4 is 9.47 Å². The van der Waals surface area contributed by atoms with Crippen molar-refractivity contribution in [2.75, 3.05) is 33.1 Å². The van der Waals surface area contributed by atoms with Crippen molar-refractivity contribution < 1.29 is 24.6 Å². The molecule has 4 aromatic carbocycles. The lowest BCUT2D eigenvalue weighted by Gasteiger charge is -2.65. The quantitative estimate of drug-likeness (QED) is 0.224. The smallest absolute Gasteiger partial charge is 0.310 e. The highest BCUT2D eigenvalue weighted by Gasteiger charge is 2.56. The van der Waals surface area contributed by atoms with Crippen molar-refractivity contribution in [3.63, 3.8) is 0 Å². The van der Waals surface area contributed by atoms with Gasteiger partial charge in [0.2, 0.25) is 0 Å². The number of nitro benzene ring substituents is 1. The second kappa shape index (κ2) is 10.3. The minimum atomic E-state index is -0.641. The van der Waals surface area contributed by atoms with E-state index in [1.54, 1.807) is 6.07 Å². The van der Waals surface area contributed by atoms with Crippen LogP contribution in [0.25, 0.3) is 0 Å². The topological polar surface area (TPSA) is 136 Å². The summed E-state index contributed by atoms with van der Waals surface area (Å²) in [6.45, 7) is 4.60. The third kappa shape index (κ3) is 4.58. The van der Waals surface area contributed by atoms with Gasteiger partial charge in [0.25, 0.3) is 0 Å². The number of aromatic hydroxyl groups is 2. The largest absolute Gasteiger partial charge is 0.506 e. The van der Waals surface area contributed by atoms with Crippen LogP contribution in [0.4, 0.5) is 5.69 Å².